The van der Waals surface area contributed by atoms with Crippen LogP contribution in [-0.4, -0.2) is 62.4 Å². The number of nitrogens with one attached hydrogen (secondary N) is 1. The normalized spacial score (nSPS) is 18.4. The first-order valence-corrected chi connectivity index (χ1v) is 11.7. The fraction of sp³-hybridized carbons (Fsp3) is 0.522. The Bertz CT molecular complexity index is 1130. The highest BCUT2D eigenvalue weighted by Crippen LogP contribution is 2.33. The molecule has 3 heterocycles. The highest BCUT2D eigenvalue weighted by molar-refractivity contribution is 6.31. The van der Waals surface area contributed by atoms with Crippen LogP contribution in [0.25, 0.3) is 0 Å². The van der Waals surface area contributed by atoms with Gasteiger partial charge >= 0.3 is 6.03 Å². The predicted octanol–water partition coefficient (Wildman–Crippen LogP) is 3.66. The average molecular weight is 496 g/mol. The van der Waals surface area contributed by atoms with Crippen LogP contribution in [0, 0.1) is 17.6 Å². The maximum absolute atomic E-state index is 14.1. The van der Waals surface area contributed by atoms with E-state index in [9.17, 15) is 23.5 Å². The van der Waals surface area contributed by atoms with Gasteiger partial charge in [-0.15, -0.1) is 0 Å². The van der Waals surface area contributed by atoms with Crippen LogP contribution in [0.4, 0.5) is 19.3 Å². The van der Waals surface area contributed by atoms with Gasteiger partial charge in [-0.05, 0) is 18.9 Å². The molecule has 0 unspecified atom stereocenters. The lowest BCUT2D eigenvalue weighted by atomic mass is 9.82. The van der Waals surface area contributed by atoms with Crippen LogP contribution >= 0.6 is 11.6 Å². The molecule has 0 fully saturated rings. The summed E-state index contributed by atoms with van der Waals surface area (Å²) in [6.45, 7) is 5.07. The molecule has 2 aliphatic rings. The van der Waals surface area contributed by atoms with E-state index in [2.05, 4.69) is 10.4 Å². The van der Waals surface area contributed by atoms with Crippen molar-refractivity contribution in [2.24, 2.45) is 5.92 Å². The molecule has 0 saturated carbocycles. The van der Waals surface area contributed by atoms with Crippen molar-refractivity contribution in [3.05, 3.63) is 45.7 Å². The maximum Gasteiger partial charge on any atom is 0.322 e. The van der Waals surface area contributed by atoms with Gasteiger partial charge in [0.25, 0.3) is 5.91 Å². The first-order valence-electron chi connectivity index (χ1n) is 11.3. The molecule has 34 heavy (non-hydrogen) atoms. The number of hydrogen-bond acceptors (Lipinski definition) is 4. The molecule has 184 valence electrons. The molecule has 1 aromatic heterocycles. The average Bonchev–Trinajstić information content (AvgIpc) is 3.11. The van der Waals surface area contributed by atoms with Crippen LogP contribution in [-0.2, 0) is 19.5 Å². The molecular weight excluding hydrogens is 468 g/mol. The summed E-state index contributed by atoms with van der Waals surface area (Å²) < 4.78 is 29.2. The van der Waals surface area contributed by atoms with E-state index in [-0.39, 0.29) is 29.1 Å². The van der Waals surface area contributed by atoms with Crippen molar-refractivity contribution >= 4 is 29.2 Å². The number of amides is 3. The number of anilines is 1. The number of fused-ring (bicyclic) bond motifs is 3. The predicted molar refractivity (Wildman–Crippen MR) is 123 cm³/mol. The van der Waals surface area contributed by atoms with Crippen molar-refractivity contribution in [1.29, 1.82) is 0 Å². The molecule has 0 aliphatic carbocycles. The molecular formula is C23H28ClF2N5O3. The zero-order valence-electron chi connectivity index (χ0n) is 19.4. The van der Waals surface area contributed by atoms with E-state index >= 15 is 0 Å². The first kappa shape index (κ1) is 24.4. The molecule has 0 radical (unpaired) electrons. The fourth-order valence-corrected chi connectivity index (χ4v) is 4.98. The minimum Gasteiger partial charge on any atom is -0.389 e. The van der Waals surface area contributed by atoms with Gasteiger partial charge in [-0.25, -0.2) is 13.6 Å². The van der Waals surface area contributed by atoms with Crippen LogP contribution < -0.4 is 5.32 Å². The molecule has 0 saturated heterocycles. The van der Waals surface area contributed by atoms with Gasteiger partial charge in [0.2, 0.25) is 0 Å². The number of carbonyl (C=O) groups excluding carboxylic acids is 2. The number of aliphatic hydroxyl groups is 1. The standard InChI is InChI=1S/C23H28ClF2N5O3/c1-4-23(34,5-2)13-10-29(3)21(32)20-14-12-30(7-6-18(14)28-31(20)11-13)22(33)27-19-8-15(24)16(25)9-17(19)26/h8-9,13,34H,4-7,10-12H2,1-3H3,(H,27,33)/t13-/m0/s1. The van der Waals surface area contributed by atoms with Crippen LogP contribution in [0.3, 0.4) is 0 Å². The zero-order chi connectivity index (χ0) is 24.8. The third kappa shape index (κ3) is 4.24. The van der Waals surface area contributed by atoms with Crippen molar-refractivity contribution in [2.45, 2.75) is 51.8 Å². The summed E-state index contributed by atoms with van der Waals surface area (Å²) in [5.41, 5.74) is 0.632. The number of aromatic nitrogens is 2. The highest BCUT2D eigenvalue weighted by atomic mass is 35.5. The largest absolute Gasteiger partial charge is 0.389 e. The molecule has 3 amide bonds. The smallest absolute Gasteiger partial charge is 0.322 e. The number of nitrogens with zero attached hydrogens (tertiary/aromatic N) is 4. The molecule has 2 aromatic rings. The van der Waals surface area contributed by atoms with E-state index in [0.29, 0.717) is 56.2 Å². The van der Waals surface area contributed by atoms with E-state index in [1.165, 1.54) is 4.90 Å². The van der Waals surface area contributed by atoms with Gasteiger partial charge in [0.15, 0.2) is 0 Å². The lowest BCUT2D eigenvalue weighted by Crippen LogP contribution is -2.44. The van der Waals surface area contributed by atoms with Gasteiger partial charge in [-0.2, -0.15) is 5.10 Å². The lowest BCUT2D eigenvalue weighted by molar-refractivity contribution is -0.0390. The zero-order valence-corrected chi connectivity index (χ0v) is 20.1. The topological polar surface area (TPSA) is 90.7 Å². The quantitative estimate of drug-likeness (QED) is 0.633. The van der Waals surface area contributed by atoms with Crippen molar-refractivity contribution in [1.82, 2.24) is 19.6 Å². The minimum absolute atomic E-state index is 0.114. The van der Waals surface area contributed by atoms with Crippen molar-refractivity contribution < 1.29 is 23.5 Å². The molecule has 2 aliphatic heterocycles. The number of benzene rings is 1. The summed E-state index contributed by atoms with van der Waals surface area (Å²) in [5, 5.41) is 17.9. The van der Waals surface area contributed by atoms with Crippen LogP contribution in [0.2, 0.25) is 5.02 Å². The number of halogens is 3. The fourth-order valence-electron chi connectivity index (χ4n) is 4.81. The molecule has 4 rings (SSSR count). The summed E-state index contributed by atoms with van der Waals surface area (Å²) >= 11 is 5.72. The number of carbonyl (C=O) groups is 2. The Morgan fingerprint density at radius 3 is 2.65 bits per heavy atom. The number of urea groups is 1. The summed E-state index contributed by atoms with van der Waals surface area (Å²) in [7, 11) is 1.70. The Kier molecular flexibility index (Phi) is 6.56. The van der Waals surface area contributed by atoms with Gasteiger partial charge in [0, 0.05) is 50.7 Å². The van der Waals surface area contributed by atoms with E-state index in [0.717, 1.165) is 11.8 Å². The summed E-state index contributed by atoms with van der Waals surface area (Å²) in [6.07, 6.45) is 1.54. The Morgan fingerprint density at radius 2 is 1.97 bits per heavy atom. The Hall–Kier alpha value is -2.72. The summed E-state index contributed by atoms with van der Waals surface area (Å²) in [6, 6.07) is 1.04. The minimum atomic E-state index is -0.936. The van der Waals surface area contributed by atoms with Gasteiger partial charge < -0.3 is 20.2 Å². The third-order valence-electron chi connectivity index (χ3n) is 7.06. The molecule has 8 nitrogen and oxygen atoms in total. The lowest BCUT2D eigenvalue weighted by Gasteiger charge is -2.35. The number of hydrogen-bond donors (Lipinski definition) is 2. The van der Waals surface area contributed by atoms with Crippen molar-refractivity contribution in [2.75, 3.05) is 25.5 Å². The molecule has 0 spiro atoms. The van der Waals surface area contributed by atoms with Crippen LogP contribution in [0.5, 0.6) is 0 Å². The van der Waals surface area contributed by atoms with Crippen LogP contribution in [0.15, 0.2) is 12.1 Å². The number of rotatable bonds is 4. The molecule has 1 atom stereocenters. The Labute approximate surface area is 201 Å². The molecule has 0 bridgehead atoms. The van der Waals surface area contributed by atoms with Crippen molar-refractivity contribution in [3.8, 4) is 0 Å². The second-order valence-electron chi connectivity index (χ2n) is 9.00. The summed E-state index contributed by atoms with van der Waals surface area (Å²) in [4.78, 5) is 29.2. The second kappa shape index (κ2) is 9.14. The highest BCUT2D eigenvalue weighted by Gasteiger charge is 2.41. The first-order chi connectivity index (χ1) is 16.1. The summed E-state index contributed by atoms with van der Waals surface area (Å²) in [5.74, 6) is -2.26. The third-order valence-corrected chi connectivity index (χ3v) is 7.35. The second-order valence-corrected chi connectivity index (χ2v) is 9.40. The van der Waals surface area contributed by atoms with E-state index in [1.54, 1.807) is 16.6 Å². The maximum atomic E-state index is 14.1. The van der Waals surface area contributed by atoms with E-state index in [1.807, 2.05) is 13.8 Å². The van der Waals surface area contributed by atoms with Crippen LogP contribution in [0.1, 0.15) is 48.4 Å². The van der Waals surface area contributed by atoms with Gasteiger partial charge in [0.1, 0.15) is 17.3 Å². The van der Waals surface area contributed by atoms with Gasteiger partial charge in [-0.3, -0.25) is 9.48 Å². The van der Waals surface area contributed by atoms with Gasteiger partial charge in [-0.1, -0.05) is 25.4 Å². The molecule has 1 aromatic carbocycles. The van der Waals surface area contributed by atoms with Crippen molar-refractivity contribution in [3.63, 3.8) is 0 Å². The molecule has 2 N–H and O–H groups in total. The monoisotopic (exact) mass is 495 g/mol. The van der Waals surface area contributed by atoms with E-state index in [4.69, 9.17) is 11.6 Å². The van der Waals surface area contributed by atoms with Gasteiger partial charge in [0.05, 0.1) is 28.5 Å². The SMILES string of the molecule is CCC(O)(CC)[C@H]1CN(C)C(=O)c2c3c(nn2C1)CCN(C(=O)Nc1cc(Cl)c(F)cc1F)C3. The molecule has 11 heteroatoms. The Morgan fingerprint density at radius 1 is 1.26 bits per heavy atom. The Balaban J connectivity index is 1.60. The van der Waals surface area contributed by atoms with E-state index < -0.39 is 23.3 Å².